The maximum atomic E-state index is 3.00. The van der Waals surface area contributed by atoms with E-state index in [1.165, 1.54) is 49.7 Å². The molecule has 0 aliphatic heterocycles. The van der Waals surface area contributed by atoms with Crippen LogP contribution < -0.4 is 24.8 Å². The molecule has 0 atom stereocenters. The summed E-state index contributed by atoms with van der Waals surface area (Å²) in [6.07, 6.45) is 7.75. The van der Waals surface area contributed by atoms with Gasteiger partial charge in [0, 0.05) is 0 Å². The summed E-state index contributed by atoms with van der Waals surface area (Å²) >= 11 is 0. The molecule has 0 saturated carbocycles. The summed E-state index contributed by atoms with van der Waals surface area (Å²) in [5.41, 5.74) is 2.97. The van der Waals surface area contributed by atoms with Crippen molar-refractivity contribution in [3.63, 3.8) is 0 Å². The van der Waals surface area contributed by atoms with E-state index in [1.807, 2.05) is 0 Å². The quantitative estimate of drug-likeness (QED) is 0.455. The molecule has 0 bridgehead atoms. The standard InChI is InChI=1S/2C9H13.C2H4.2ClH.Zr/c2*1-2-3-6-9-7-4-5-8-9;1-2;;;/h2*4-5,7-8H,2-3,6H2,1H3;1-2H2;2*1H;/q2*-1;;;;+4/p-2. The van der Waals surface area contributed by atoms with E-state index in [-0.39, 0.29) is 51.0 Å². The number of halogens is 2. The molecule has 0 amide bonds. The van der Waals surface area contributed by atoms with Crippen molar-refractivity contribution < 1.29 is 51.0 Å². The summed E-state index contributed by atoms with van der Waals surface area (Å²) in [6.45, 7) is 10.5. The fourth-order valence-corrected chi connectivity index (χ4v) is 1.92. The summed E-state index contributed by atoms with van der Waals surface area (Å²) in [6, 6.07) is 17.2. The van der Waals surface area contributed by atoms with E-state index < -0.39 is 0 Å². The number of rotatable bonds is 6. The average molecular weight is 433 g/mol. The third-order valence-electron chi connectivity index (χ3n) is 3.10. The van der Waals surface area contributed by atoms with E-state index in [1.54, 1.807) is 0 Å². The predicted molar refractivity (Wildman–Crippen MR) is 92.5 cm³/mol. The summed E-state index contributed by atoms with van der Waals surface area (Å²) in [5, 5.41) is 0. The van der Waals surface area contributed by atoms with Crippen LogP contribution in [0.15, 0.2) is 61.7 Å². The van der Waals surface area contributed by atoms with Crippen LogP contribution in [0, 0.1) is 0 Å². The Morgan fingerprint density at radius 2 is 0.913 bits per heavy atom. The molecule has 0 unspecified atom stereocenters. The van der Waals surface area contributed by atoms with Crippen LogP contribution >= 0.6 is 0 Å². The van der Waals surface area contributed by atoms with Crippen molar-refractivity contribution >= 4 is 0 Å². The second kappa shape index (κ2) is 24.2. The number of aryl methyl sites for hydroxylation is 2. The average Bonchev–Trinajstić information content (AvgIpc) is 3.19. The molecule has 23 heavy (non-hydrogen) atoms. The molecule has 0 aliphatic carbocycles. The maximum Gasteiger partial charge on any atom is 4.00 e. The first-order chi connectivity index (χ1) is 9.86. The summed E-state index contributed by atoms with van der Waals surface area (Å²) in [7, 11) is 0. The molecule has 0 heterocycles. The fraction of sp³-hybridized carbons (Fsp3) is 0.400. The van der Waals surface area contributed by atoms with Crippen molar-refractivity contribution in [2.24, 2.45) is 0 Å². The molecule has 0 aromatic heterocycles. The molecule has 3 heteroatoms. The second-order valence-corrected chi connectivity index (χ2v) is 4.79. The Morgan fingerprint density at radius 1 is 0.652 bits per heavy atom. The smallest absolute Gasteiger partial charge is 1.00 e. The fourth-order valence-electron chi connectivity index (χ4n) is 1.92. The largest absolute Gasteiger partial charge is 4.00 e. The van der Waals surface area contributed by atoms with Gasteiger partial charge in [-0.2, -0.15) is 35.4 Å². The van der Waals surface area contributed by atoms with Gasteiger partial charge in [-0.05, 0) is 0 Å². The monoisotopic (exact) mass is 430 g/mol. The first kappa shape index (κ1) is 30.7. The Hall–Kier alpha value is -0.0969. The van der Waals surface area contributed by atoms with E-state index in [0.29, 0.717) is 0 Å². The van der Waals surface area contributed by atoms with Gasteiger partial charge in [0.2, 0.25) is 0 Å². The van der Waals surface area contributed by atoms with E-state index in [0.717, 1.165) is 0 Å². The van der Waals surface area contributed by atoms with Gasteiger partial charge in [0.15, 0.2) is 0 Å². The molecule has 0 aliphatic rings. The topological polar surface area (TPSA) is 0 Å². The van der Waals surface area contributed by atoms with E-state index >= 15 is 0 Å². The van der Waals surface area contributed by atoms with Crippen LogP contribution in [0.1, 0.15) is 50.7 Å². The zero-order chi connectivity index (χ0) is 15.1. The number of hydrogen-bond donors (Lipinski definition) is 0. The summed E-state index contributed by atoms with van der Waals surface area (Å²) in [5.74, 6) is 0. The molecule has 2 rings (SSSR count). The van der Waals surface area contributed by atoms with Crippen molar-refractivity contribution in [3.05, 3.63) is 72.8 Å². The molecule has 0 N–H and O–H groups in total. The van der Waals surface area contributed by atoms with Crippen molar-refractivity contribution in [3.8, 4) is 0 Å². The van der Waals surface area contributed by atoms with Crippen LogP contribution in [0.25, 0.3) is 0 Å². The number of hydrogen-bond acceptors (Lipinski definition) is 0. The van der Waals surface area contributed by atoms with Gasteiger partial charge in [-0.25, -0.2) is 24.3 Å². The SMILES string of the molecule is C=C.CCCC[c-]1cccc1.CCCC[c-]1cccc1.[Cl-].[Cl-].[Zr+4]. The molecule has 2 aromatic rings. The molecule has 0 fully saturated rings. The Morgan fingerprint density at radius 3 is 1.13 bits per heavy atom. The number of unbranched alkanes of at least 4 members (excludes halogenated alkanes) is 2. The van der Waals surface area contributed by atoms with Crippen LogP contribution in [-0.4, -0.2) is 0 Å². The van der Waals surface area contributed by atoms with Crippen LogP contribution in [0.4, 0.5) is 0 Å². The van der Waals surface area contributed by atoms with E-state index in [9.17, 15) is 0 Å². The van der Waals surface area contributed by atoms with Crippen LogP contribution in [0.3, 0.4) is 0 Å². The first-order valence-electron chi connectivity index (χ1n) is 7.78. The maximum absolute atomic E-state index is 3.00. The third kappa shape index (κ3) is 18.1. The minimum atomic E-state index is 0. The van der Waals surface area contributed by atoms with Gasteiger partial charge in [0.05, 0.1) is 0 Å². The predicted octanol–water partition coefficient (Wildman–Crippen LogP) is 0.304. The Balaban J connectivity index is -0.000000127. The van der Waals surface area contributed by atoms with Crippen molar-refractivity contribution in [2.45, 2.75) is 52.4 Å². The van der Waals surface area contributed by atoms with Crippen LogP contribution in [0.2, 0.25) is 0 Å². The Bertz CT molecular complexity index is 341. The normalized spacial score (nSPS) is 7.91. The van der Waals surface area contributed by atoms with Crippen LogP contribution in [-0.2, 0) is 39.0 Å². The molecular formula is C20H30Cl2Zr. The van der Waals surface area contributed by atoms with Crippen molar-refractivity contribution in [1.82, 2.24) is 0 Å². The van der Waals surface area contributed by atoms with Crippen LogP contribution in [0.5, 0.6) is 0 Å². The second-order valence-electron chi connectivity index (χ2n) is 4.79. The van der Waals surface area contributed by atoms with E-state index in [4.69, 9.17) is 0 Å². The minimum Gasteiger partial charge on any atom is -1.00 e. The zero-order valence-corrected chi connectivity index (χ0v) is 18.5. The van der Waals surface area contributed by atoms with E-state index in [2.05, 4.69) is 75.5 Å². The van der Waals surface area contributed by atoms with Crippen molar-refractivity contribution in [2.75, 3.05) is 0 Å². The van der Waals surface area contributed by atoms with Gasteiger partial charge in [0.1, 0.15) is 0 Å². The molecule has 128 valence electrons. The van der Waals surface area contributed by atoms with Gasteiger partial charge < -0.3 is 24.8 Å². The van der Waals surface area contributed by atoms with Crippen molar-refractivity contribution in [1.29, 1.82) is 0 Å². The molecule has 0 spiro atoms. The van der Waals surface area contributed by atoms with Gasteiger partial charge >= 0.3 is 26.2 Å². The van der Waals surface area contributed by atoms with Gasteiger partial charge in [-0.15, -0.1) is 13.2 Å². The zero-order valence-electron chi connectivity index (χ0n) is 14.5. The summed E-state index contributed by atoms with van der Waals surface area (Å²) in [4.78, 5) is 0. The molecule has 0 saturated heterocycles. The molecule has 0 radical (unpaired) electrons. The Kier molecular flexibility index (Phi) is 32.3. The minimum absolute atomic E-state index is 0. The Labute approximate surface area is 175 Å². The molecule has 0 nitrogen and oxygen atoms in total. The molecule has 2 aromatic carbocycles. The van der Waals surface area contributed by atoms with Gasteiger partial charge in [-0.1, -0.05) is 52.4 Å². The van der Waals surface area contributed by atoms with Gasteiger partial charge in [0.25, 0.3) is 0 Å². The molecular weight excluding hydrogens is 402 g/mol. The first-order valence-corrected chi connectivity index (χ1v) is 7.78. The third-order valence-corrected chi connectivity index (χ3v) is 3.10. The van der Waals surface area contributed by atoms with Gasteiger partial charge in [-0.3, -0.25) is 0 Å². The summed E-state index contributed by atoms with van der Waals surface area (Å²) < 4.78 is 0.